The molecule has 122 valence electrons. The standard InChI is InChI=1S/C15H17N3O5/c1-22-11-4-3-9(7-12(11)23-2)5-6-16-14(20)10-8-13(19)18-15(21)17-10/h3-4,7-8H,5-6H2,1-2H3,(H,16,20)(H2,17,18,19,21). The Kier molecular flexibility index (Phi) is 5.19. The summed E-state index contributed by atoms with van der Waals surface area (Å²) in [5, 5.41) is 2.63. The zero-order valence-electron chi connectivity index (χ0n) is 12.8. The quantitative estimate of drug-likeness (QED) is 0.696. The summed E-state index contributed by atoms with van der Waals surface area (Å²) in [5.74, 6) is 0.713. The summed E-state index contributed by atoms with van der Waals surface area (Å²) in [7, 11) is 3.10. The van der Waals surface area contributed by atoms with Gasteiger partial charge in [-0.2, -0.15) is 0 Å². The maximum absolute atomic E-state index is 11.9. The molecule has 3 N–H and O–H groups in total. The number of carbonyl (C=O) groups excluding carboxylic acids is 1. The summed E-state index contributed by atoms with van der Waals surface area (Å²) in [5.41, 5.74) is -0.477. The van der Waals surface area contributed by atoms with Gasteiger partial charge in [0.25, 0.3) is 11.5 Å². The average molecular weight is 319 g/mol. The molecule has 8 nitrogen and oxygen atoms in total. The highest BCUT2D eigenvalue weighted by molar-refractivity contribution is 5.91. The lowest BCUT2D eigenvalue weighted by atomic mass is 10.1. The number of hydrogen-bond acceptors (Lipinski definition) is 5. The molecule has 8 heteroatoms. The predicted octanol–water partition coefficient (Wildman–Crippen LogP) is 0.0529. The first-order chi connectivity index (χ1) is 11.0. The third-order valence-corrected chi connectivity index (χ3v) is 3.15. The van der Waals surface area contributed by atoms with Crippen LogP contribution in [-0.4, -0.2) is 36.6 Å². The van der Waals surface area contributed by atoms with Gasteiger partial charge in [0, 0.05) is 12.6 Å². The molecule has 0 atom stereocenters. The van der Waals surface area contributed by atoms with Gasteiger partial charge in [0.15, 0.2) is 11.5 Å². The third kappa shape index (κ3) is 4.22. The SMILES string of the molecule is COc1ccc(CCNC(=O)c2cc(=O)[nH]c(=O)[nH]2)cc1OC. The summed E-state index contributed by atoms with van der Waals surface area (Å²) in [6.07, 6.45) is 0.555. The summed E-state index contributed by atoms with van der Waals surface area (Å²) in [4.78, 5) is 38.4. The molecule has 2 aromatic rings. The second-order valence-electron chi connectivity index (χ2n) is 4.70. The van der Waals surface area contributed by atoms with Crippen molar-refractivity contribution in [1.29, 1.82) is 0 Å². The molecule has 1 heterocycles. The number of methoxy groups -OCH3 is 2. The first kappa shape index (κ1) is 16.3. The fourth-order valence-corrected chi connectivity index (χ4v) is 2.04. The number of aromatic amines is 2. The van der Waals surface area contributed by atoms with Crippen molar-refractivity contribution in [1.82, 2.24) is 15.3 Å². The third-order valence-electron chi connectivity index (χ3n) is 3.15. The molecule has 0 aliphatic carbocycles. The molecule has 0 unspecified atom stereocenters. The van der Waals surface area contributed by atoms with Crippen LogP contribution in [0.2, 0.25) is 0 Å². The lowest BCUT2D eigenvalue weighted by Crippen LogP contribution is -2.31. The lowest BCUT2D eigenvalue weighted by molar-refractivity contribution is 0.0948. The van der Waals surface area contributed by atoms with Gasteiger partial charge >= 0.3 is 5.69 Å². The molecule has 1 aromatic carbocycles. The molecule has 23 heavy (non-hydrogen) atoms. The zero-order valence-corrected chi connectivity index (χ0v) is 12.8. The summed E-state index contributed by atoms with van der Waals surface area (Å²) < 4.78 is 10.4. The zero-order chi connectivity index (χ0) is 16.8. The number of nitrogens with one attached hydrogen (secondary N) is 3. The van der Waals surface area contributed by atoms with Crippen LogP contribution in [0.5, 0.6) is 11.5 Å². The lowest BCUT2D eigenvalue weighted by Gasteiger charge is -2.10. The number of amides is 1. The minimum Gasteiger partial charge on any atom is -0.493 e. The molecule has 0 aliphatic heterocycles. The first-order valence-electron chi connectivity index (χ1n) is 6.86. The maximum atomic E-state index is 11.9. The van der Waals surface area contributed by atoms with E-state index in [0.717, 1.165) is 11.6 Å². The van der Waals surface area contributed by atoms with Crippen LogP contribution in [0.25, 0.3) is 0 Å². The highest BCUT2D eigenvalue weighted by Gasteiger charge is 2.08. The van der Waals surface area contributed by atoms with Crippen LogP contribution < -0.4 is 26.0 Å². The number of ether oxygens (including phenoxy) is 2. The van der Waals surface area contributed by atoms with Gasteiger partial charge in [-0.05, 0) is 24.1 Å². The summed E-state index contributed by atoms with van der Waals surface area (Å²) in [6.45, 7) is 0.336. The topological polar surface area (TPSA) is 113 Å². The van der Waals surface area contributed by atoms with E-state index < -0.39 is 17.2 Å². The Morgan fingerprint density at radius 1 is 1.09 bits per heavy atom. The molecule has 1 aromatic heterocycles. The molecule has 0 spiro atoms. The Morgan fingerprint density at radius 3 is 2.48 bits per heavy atom. The second kappa shape index (κ2) is 7.30. The Hall–Kier alpha value is -3.03. The molecular formula is C15H17N3O5. The smallest absolute Gasteiger partial charge is 0.326 e. The van der Waals surface area contributed by atoms with Crippen molar-refractivity contribution in [2.24, 2.45) is 0 Å². The van der Waals surface area contributed by atoms with Gasteiger partial charge in [-0.1, -0.05) is 6.07 Å². The number of benzene rings is 1. The molecule has 0 saturated carbocycles. The molecule has 0 aliphatic rings. The van der Waals surface area contributed by atoms with Crippen LogP contribution in [-0.2, 0) is 6.42 Å². The fourth-order valence-electron chi connectivity index (χ4n) is 2.04. The Morgan fingerprint density at radius 2 is 1.83 bits per heavy atom. The number of rotatable bonds is 6. The summed E-state index contributed by atoms with van der Waals surface area (Å²) in [6, 6.07) is 6.50. The largest absolute Gasteiger partial charge is 0.493 e. The maximum Gasteiger partial charge on any atom is 0.326 e. The van der Waals surface area contributed by atoms with Gasteiger partial charge < -0.3 is 19.8 Å². The van der Waals surface area contributed by atoms with Crippen LogP contribution in [0.3, 0.4) is 0 Å². The fraction of sp³-hybridized carbons (Fsp3) is 0.267. The van der Waals surface area contributed by atoms with Crippen LogP contribution >= 0.6 is 0 Å². The van der Waals surface area contributed by atoms with Gasteiger partial charge in [0.2, 0.25) is 0 Å². The van der Waals surface area contributed by atoms with E-state index in [-0.39, 0.29) is 5.69 Å². The van der Waals surface area contributed by atoms with Crippen LogP contribution in [0.15, 0.2) is 33.9 Å². The highest BCUT2D eigenvalue weighted by Crippen LogP contribution is 2.27. The molecule has 0 saturated heterocycles. The Bertz CT molecular complexity index is 781. The van der Waals surface area contributed by atoms with Crippen molar-refractivity contribution in [2.45, 2.75) is 6.42 Å². The van der Waals surface area contributed by atoms with E-state index >= 15 is 0 Å². The monoisotopic (exact) mass is 319 g/mol. The molecule has 1 amide bonds. The van der Waals surface area contributed by atoms with Crippen LogP contribution in [0.4, 0.5) is 0 Å². The van der Waals surface area contributed by atoms with E-state index in [4.69, 9.17) is 9.47 Å². The molecule has 2 rings (SSSR count). The van der Waals surface area contributed by atoms with Crippen LogP contribution in [0, 0.1) is 0 Å². The van der Waals surface area contributed by atoms with Crippen LogP contribution in [0.1, 0.15) is 16.1 Å². The van der Waals surface area contributed by atoms with Crippen molar-refractivity contribution >= 4 is 5.91 Å². The predicted molar refractivity (Wildman–Crippen MR) is 83.3 cm³/mol. The minimum atomic E-state index is -0.720. The first-order valence-corrected chi connectivity index (χ1v) is 6.86. The van der Waals surface area contributed by atoms with Crippen molar-refractivity contribution in [3.05, 3.63) is 56.4 Å². The van der Waals surface area contributed by atoms with Crippen molar-refractivity contribution in [3.63, 3.8) is 0 Å². The summed E-state index contributed by atoms with van der Waals surface area (Å²) >= 11 is 0. The van der Waals surface area contributed by atoms with Gasteiger partial charge in [-0.3, -0.25) is 14.6 Å². The van der Waals surface area contributed by atoms with Crippen molar-refractivity contribution < 1.29 is 14.3 Å². The van der Waals surface area contributed by atoms with Gasteiger partial charge in [0.05, 0.1) is 14.2 Å². The van der Waals surface area contributed by atoms with Gasteiger partial charge in [0.1, 0.15) is 5.69 Å². The Balaban J connectivity index is 1.98. The van der Waals surface area contributed by atoms with E-state index in [1.807, 2.05) is 17.1 Å². The normalized spacial score (nSPS) is 10.2. The highest BCUT2D eigenvalue weighted by atomic mass is 16.5. The van der Waals surface area contributed by atoms with Gasteiger partial charge in [-0.25, -0.2) is 4.79 Å². The van der Waals surface area contributed by atoms with E-state index in [1.54, 1.807) is 20.3 Å². The van der Waals surface area contributed by atoms with Gasteiger partial charge in [-0.15, -0.1) is 0 Å². The number of carbonyl (C=O) groups is 1. The van der Waals surface area contributed by atoms with Crippen molar-refractivity contribution in [3.8, 4) is 11.5 Å². The number of hydrogen-bond donors (Lipinski definition) is 3. The number of H-pyrrole nitrogens is 2. The van der Waals surface area contributed by atoms with E-state index in [1.165, 1.54) is 0 Å². The van der Waals surface area contributed by atoms with Crippen molar-refractivity contribution in [2.75, 3.05) is 20.8 Å². The average Bonchev–Trinajstić information content (AvgIpc) is 2.53. The van der Waals surface area contributed by atoms with E-state index in [2.05, 4.69) is 10.3 Å². The Labute approximate surface area is 131 Å². The second-order valence-corrected chi connectivity index (χ2v) is 4.70. The minimum absolute atomic E-state index is 0.0777. The number of aromatic nitrogens is 2. The molecule has 0 fully saturated rings. The molecular weight excluding hydrogens is 302 g/mol. The molecule has 0 radical (unpaired) electrons. The van der Waals surface area contributed by atoms with E-state index in [0.29, 0.717) is 24.5 Å². The molecule has 0 bridgehead atoms. The van der Waals surface area contributed by atoms with E-state index in [9.17, 15) is 14.4 Å².